The Bertz CT molecular complexity index is 824. The average Bonchev–Trinajstić information content (AvgIpc) is 2.84. The molecule has 202 valence electrons. The number of piperidine rings is 1. The van der Waals surface area contributed by atoms with Crippen LogP contribution < -0.4 is 10.6 Å². The van der Waals surface area contributed by atoms with Crippen LogP contribution in [-0.2, 0) is 16.0 Å². The molecule has 36 heavy (non-hydrogen) atoms. The Kier molecular flexibility index (Phi) is 10.7. The van der Waals surface area contributed by atoms with Gasteiger partial charge in [-0.3, -0.25) is 9.59 Å². The summed E-state index contributed by atoms with van der Waals surface area (Å²) < 4.78 is 0. The van der Waals surface area contributed by atoms with Crippen molar-refractivity contribution in [1.29, 1.82) is 0 Å². The molecule has 0 radical (unpaired) electrons. The van der Waals surface area contributed by atoms with Crippen LogP contribution in [0.3, 0.4) is 0 Å². The molecule has 1 aliphatic heterocycles. The Morgan fingerprint density at radius 3 is 2.28 bits per heavy atom. The van der Waals surface area contributed by atoms with Crippen LogP contribution in [0, 0.1) is 11.8 Å². The molecule has 6 nitrogen and oxygen atoms in total. The second-order valence-electron chi connectivity index (χ2n) is 11.9. The molecule has 2 amide bonds. The summed E-state index contributed by atoms with van der Waals surface area (Å²) >= 11 is 0. The molecule has 1 atom stereocenters. The number of aliphatic hydroxyl groups is 1. The number of hydrogen-bond donors (Lipinski definition) is 2. The smallest absolute Gasteiger partial charge is 0.222 e. The SMILES string of the molecule is CC(C)CCN(c1ccc(CCC2(O)CCCCC2)cc1)C1CCN(C(=O)CC(C)CC(N)=O)CC1. The van der Waals surface area contributed by atoms with Crippen LogP contribution in [0.15, 0.2) is 24.3 Å². The van der Waals surface area contributed by atoms with Crippen LogP contribution >= 0.6 is 0 Å². The van der Waals surface area contributed by atoms with E-state index in [0.29, 0.717) is 18.4 Å². The van der Waals surface area contributed by atoms with E-state index in [2.05, 4.69) is 43.0 Å². The molecule has 0 aromatic heterocycles. The number of carbonyl (C=O) groups is 2. The Hall–Kier alpha value is -2.08. The Balaban J connectivity index is 1.57. The third-order valence-electron chi connectivity index (χ3n) is 8.21. The van der Waals surface area contributed by atoms with Gasteiger partial charge in [-0.2, -0.15) is 0 Å². The maximum atomic E-state index is 12.7. The van der Waals surface area contributed by atoms with Crippen molar-refractivity contribution in [2.24, 2.45) is 17.6 Å². The Morgan fingerprint density at radius 2 is 1.69 bits per heavy atom. The fourth-order valence-electron chi connectivity index (χ4n) is 5.88. The van der Waals surface area contributed by atoms with Gasteiger partial charge in [-0.25, -0.2) is 0 Å². The predicted molar refractivity (Wildman–Crippen MR) is 147 cm³/mol. The van der Waals surface area contributed by atoms with E-state index in [1.807, 2.05) is 11.8 Å². The minimum absolute atomic E-state index is 0.00685. The first-order valence-electron chi connectivity index (χ1n) is 14.3. The summed E-state index contributed by atoms with van der Waals surface area (Å²) in [7, 11) is 0. The molecule has 3 rings (SSSR count). The normalized spacial score (nSPS) is 19.3. The molecule has 1 unspecified atom stereocenters. The van der Waals surface area contributed by atoms with Gasteiger partial charge in [0.2, 0.25) is 11.8 Å². The van der Waals surface area contributed by atoms with E-state index in [1.165, 1.54) is 17.7 Å². The number of carbonyl (C=O) groups excluding carboxylic acids is 2. The lowest BCUT2D eigenvalue weighted by molar-refractivity contribution is -0.133. The number of hydrogen-bond acceptors (Lipinski definition) is 4. The zero-order chi connectivity index (χ0) is 26.1. The number of amides is 2. The molecular weight excluding hydrogens is 450 g/mol. The molecule has 2 aliphatic rings. The van der Waals surface area contributed by atoms with Crippen LogP contribution in [-0.4, -0.2) is 53.1 Å². The first-order chi connectivity index (χ1) is 17.1. The highest BCUT2D eigenvalue weighted by Crippen LogP contribution is 2.32. The average molecular weight is 500 g/mol. The van der Waals surface area contributed by atoms with Crippen molar-refractivity contribution in [3.8, 4) is 0 Å². The molecule has 1 aromatic carbocycles. The van der Waals surface area contributed by atoms with Gasteiger partial charge in [-0.15, -0.1) is 0 Å². The molecule has 0 bridgehead atoms. The lowest BCUT2D eigenvalue weighted by Gasteiger charge is -2.40. The van der Waals surface area contributed by atoms with Crippen LogP contribution in [0.5, 0.6) is 0 Å². The molecular formula is C30H49N3O3. The summed E-state index contributed by atoms with van der Waals surface area (Å²) in [6.45, 7) is 9.01. The Labute approximate surface area is 218 Å². The fourth-order valence-corrected chi connectivity index (χ4v) is 5.88. The number of aryl methyl sites for hydroxylation is 1. The van der Waals surface area contributed by atoms with E-state index >= 15 is 0 Å². The Morgan fingerprint density at radius 1 is 1.06 bits per heavy atom. The molecule has 2 fully saturated rings. The molecule has 1 aliphatic carbocycles. The van der Waals surface area contributed by atoms with Gasteiger partial charge in [-0.05, 0) is 74.5 Å². The van der Waals surface area contributed by atoms with Gasteiger partial charge < -0.3 is 20.6 Å². The summed E-state index contributed by atoms with van der Waals surface area (Å²) in [4.78, 5) is 28.4. The first kappa shape index (κ1) is 28.5. The van der Waals surface area contributed by atoms with E-state index in [9.17, 15) is 14.7 Å². The zero-order valence-corrected chi connectivity index (χ0v) is 22.9. The van der Waals surface area contributed by atoms with Crippen molar-refractivity contribution < 1.29 is 14.7 Å². The third-order valence-corrected chi connectivity index (χ3v) is 8.21. The summed E-state index contributed by atoms with van der Waals surface area (Å²) in [5.74, 6) is 0.426. The molecule has 3 N–H and O–H groups in total. The number of rotatable bonds is 12. The minimum Gasteiger partial charge on any atom is -0.390 e. The van der Waals surface area contributed by atoms with Crippen molar-refractivity contribution in [2.45, 2.75) is 109 Å². The minimum atomic E-state index is -0.469. The van der Waals surface area contributed by atoms with Gasteiger partial charge in [-0.1, -0.05) is 52.2 Å². The molecule has 1 saturated carbocycles. The van der Waals surface area contributed by atoms with Crippen molar-refractivity contribution >= 4 is 17.5 Å². The van der Waals surface area contributed by atoms with E-state index in [4.69, 9.17) is 5.73 Å². The number of likely N-dealkylation sites (tertiary alicyclic amines) is 1. The maximum absolute atomic E-state index is 12.7. The molecule has 0 spiro atoms. The number of primary amides is 1. The molecule has 1 saturated heterocycles. The zero-order valence-electron chi connectivity index (χ0n) is 22.9. The maximum Gasteiger partial charge on any atom is 0.222 e. The van der Waals surface area contributed by atoms with Gasteiger partial charge in [0.25, 0.3) is 0 Å². The van der Waals surface area contributed by atoms with Gasteiger partial charge in [0, 0.05) is 44.2 Å². The number of anilines is 1. The lowest BCUT2D eigenvalue weighted by Crippen LogP contribution is -2.47. The van der Waals surface area contributed by atoms with Crippen molar-refractivity contribution in [1.82, 2.24) is 4.90 Å². The summed E-state index contributed by atoms with van der Waals surface area (Å²) in [6, 6.07) is 9.41. The largest absolute Gasteiger partial charge is 0.390 e. The summed E-state index contributed by atoms with van der Waals surface area (Å²) in [5.41, 5.74) is 7.38. The van der Waals surface area contributed by atoms with Crippen LogP contribution in [0.4, 0.5) is 5.69 Å². The monoisotopic (exact) mass is 499 g/mol. The van der Waals surface area contributed by atoms with E-state index < -0.39 is 5.60 Å². The fraction of sp³-hybridized carbons (Fsp3) is 0.733. The van der Waals surface area contributed by atoms with Crippen LogP contribution in [0.25, 0.3) is 0 Å². The number of benzene rings is 1. The highest BCUT2D eigenvalue weighted by Gasteiger charge is 2.29. The van der Waals surface area contributed by atoms with Gasteiger partial charge in [0.05, 0.1) is 5.60 Å². The number of nitrogens with zero attached hydrogens (tertiary/aromatic N) is 2. The second-order valence-corrected chi connectivity index (χ2v) is 11.9. The summed E-state index contributed by atoms with van der Waals surface area (Å²) in [6.07, 6.45) is 10.9. The molecule has 1 aromatic rings. The number of nitrogens with two attached hydrogens (primary N) is 1. The molecule has 6 heteroatoms. The van der Waals surface area contributed by atoms with Crippen molar-refractivity contribution in [3.05, 3.63) is 29.8 Å². The first-order valence-corrected chi connectivity index (χ1v) is 14.3. The van der Waals surface area contributed by atoms with E-state index in [-0.39, 0.29) is 24.2 Å². The quantitative estimate of drug-likeness (QED) is 0.421. The predicted octanol–water partition coefficient (Wildman–Crippen LogP) is 5.06. The van der Waals surface area contributed by atoms with Crippen molar-refractivity contribution in [3.63, 3.8) is 0 Å². The highest BCUT2D eigenvalue weighted by molar-refractivity contribution is 5.78. The van der Waals surface area contributed by atoms with Crippen LogP contribution in [0.1, 0.15) is 97.0 Å². The second kappa shape index (κ2) is 13.5. The third kappa shape index (κ3) is 8.79. The highest BCUT2D eigenvalue weighted by atomic mass is 16.3. The van der Waals surface area contributed by atoms with Crippen molar-refractivity contribution in [2.75, 3.05) is 24.5 Å². The standard InChI is InChI=1S/C30H49N3O3/c1-23(2)12-20-33(27-13-18-32(19-14-27)29(35)22-24(3)21-28(31)34)26-9-7-25(8-10-26)11-17-30(36)15-5-4-6-16-30/h7-10,23-24,27,36H,4-6,11-22H2,1-3H3,(H2,31,34). The van der Waals surface area contributed by atoms with Crippen LogP contribution in [0.2, 0.25) is 0 Å². The lowest BCUT2D eigenvalue weighted by atomic mass is 9.81. The van der Waals surface area contributed by atoms with E-state index in [0.717, 1.165) is 77.4 Å². The van der Waals surface area contributed by atoms with Gasteiger partial charge >= 0.3 is 0 Å². The summed E-state index contributed by atoms with van der Waals surface area (Å²) in [5, 5.41) is 10.9. The topological polar surface area (TPSA) is 86.9 Å². The van der Waals surface area contributed by atoms with Gasteiger partial charge in [0.1, 0.15) is 0 Å². The van der Waals surface area contributed by atoms with E-state index in [1.54, 1.807) is 0 Å². The molecule has 1 heterocycles. The van der Waals surface area contributed by atoms with Gasteiger partial charge in [0.15, 0.2) is 0 Å².